The minimum Gasteiger partial charge on any atom is -0.493 e. The first-order valence-corrected chi connectivity index (χ1v) is 10.2. The molecule has 0 bridgehead atoms. The van der Waals surface area contributed by atoms with Crippen molar-refractivity contribution in [3.8, 4) is 11.5 Å². The maximum Gasteiger partial charge on any atom is 0.255 e. The summed E-state index contributed by atoms with van der Waals surface area (Å²) in [5.41, 5.74) is 7.79. The molecule has 160 valence electrons. The Morgan fingerprint density at radius 1 is 1.07 bits per heavy atom. The lowest BCUT2D eigenvalue weighted by molar-refractivity contribution is -0.133. The fourth-order valence-corrected chi connectivity index (χ4v) is 3.23. The number of hydrogen-bond donors (Lipinski definition) is 2. The second-order valence-corrected chi connectivity index (χ2v) is 7.40. The molecule has 3 N–H and O–H groups in total. The molecule has 0 heterocycles. The molecular weight excluding hydrogens is 382 g/mol. The monoisotopic (exact) mass is 411 g/mol. The van der Waals surface area contributed by atoms with E-state index >= 15 is 0 Å². The van der Waals surface area contributed by atoms with E-state index in [4.69, 9.17) is 15.2 Å². The van der Waals surface area contributed by atoms with E-state index in [1.165, 1.54) is 7.11 Å². The van der Waals surface area contributed by atoms with Crippen LogP contribution in [0, 0.1) is 5.92 Å². The molecule has 0 unspecified atom stereocenters. The summed E-state index contributed by atoms with van der Waals surface area (Å²) in [5, 5.41) is 2.88. The lowest BCUT2D eigenvalue weighted by atomic mass is 10.1. The number of carbonyl (C=O) groups is 2. The van der Waals surface area contributed by atoms with E-state index in [9.17, 15) is 9.59 Å². The van der Waals surface area contributed by atoms with Crippen LogP contribution in [0.3, 0.4) is 0 Å². The summed E-state index contributed by atoms with van der Waals surface area (Å²) in [5.74, 6) is 1.23. The van der Waals surface area contributed by atoms with Crippen molar-refractivity contribution in [1.29, 1.82) is 0 Å². The zero-order valence-corrected chi connectivity index (χ0v) is 17.5. The number of rotatable bonds is 10. The summed E-state index contributed by atoms with van der Waals surface area (Å²) >= 11 is 0. The van der Waals surface area contributed by atoms with Crippen molar-refractivity contribution >= 4 is 17.5 Å². The van der Waals surface area contributed by atoms with Gasteiger partial charge < -0.3 is 25.4 Å². The number of anilines is 1. The van der Waals surface area contributed by atoms with Crippen LogP contribution >= 0.6 is 0 Å². The topological polar surface area (TPSA) is 93.9 Å². The Morgan fingerprint density at radius 3 is 2.37 bits per heavy atom. The van der Waals surface area contributed by atoms with Crippen molar-refractivity contribution in [2.24, 2.45) is 11.7 Å². The molecule has 2 amide bonds. The molecule has 7 nitrogen and oxygen atoms in total. The van der Waals surface area contributed by atoms with Gasteiger partial charge in [-0.3, -0.25) is 9.59 Å². The molecular formula is C23H29N3O4. The first-order valence-electron chi connectivity index (χ1n) is 10.2. The Kier molecular flexibility index (Phi) is 7.30. The van der Waals surface area contributed by atoms with Crippen LogP contribution in [0.1, 0.15) is 35.2 Å². The maximum atomic E-state index is 12.6. The fourth-order valence-electron chi connectivity index (χ4n) is 3.23. The summed E-state index contributed by atoms with van der Waals surface area (Å²) in [6, 6.07) is 12.6. The van der Waals surface area contributed by atoms with Gasteiger partial charge in [-0.2, -0.15) is 0 Å². The fraction of sp³-hybridized carbons (Fsp3) is 0.391. The van der Waals surface area contributed by atoms with Gasteiger partial charge in [-0.1, -0.05) is 12.1 Å². The van der Waals surface area contributed by atoms with Crippen molar-refractivity contribution in [1.82, 2.24) is 4.90 Å². The normalized spacial score (nSPS) is 12.9. The summed E-state index contributed by atoms with van der Waals surface area (Å²) in [6.07, 6.45) is 2.76. The molecule has 1 aliphatic carbocycles. The largest absolute Gasteiger partial charge is 0.493 e. The van der Waals surface area contributed by atoms with Gasteiger partial charge in [-0.15, -0.1) is 0 Å². The molecule has 0 spiro atoms. The number of nitrogens with one attached hydrogen (secondary N) is 1. The highest BCUT2D eigenvalue weighted by Gasteiger charge is 2.33. The molecule has 1 saturated carbocycles. The number of carbonyl (C=O) groups excluding carboxylic acids is 2. The van der Waals surface area contributed by atoms with Crippen molar-refractivity contribution in [2.45, 2.75) is 25.8 Å². The second-order valence-electron chi connectivity index (χ2n) is 7.40. The molecule has 3 rings (SSSR count). The SMILES string of the molecule is COc1ccc(C(=O)Nc2ccc(CN(CCCN)C(=O)C3CC3)cc2)cc1OC. The van der Waals surface area contributed by atoms with Crippen molar-refractivity contribution in [3.05, 3.63) is 53.6 Å². The van der Waals surface area contributed by atoms with Gasteiger partial charge >= 0.3 is 0 Å². The Morgan fingerprint density at radius 2 is 1.77 bits per heavy atom. The van der Waals surface area contributed by atoms with Crippen LogP contribution in [-0.2, 0) is 11.3 Å². The molecule has 0 aliphatic heterocycles. The van der Waals surface area contributed by atoms with Gasteiger partial charge in [0.1, 0.15) is 0 Å². The standard InChI is InChI=1S/C23H29N3O4/c1-29-20-11-8-18(14-21(20)30-2)22(27)25-19-9-4-16(5-10-19)15-26(13-3-12-24)23(28)17-6-7-17/h4-5,8-11,14,17H,3,6-7,12-13,15,24H2,1-2H3,(H,25,27). The smallest absolute Gasteiger partial charge is 0.255 e. The Hall–Kier alpha value is -3.06. The van der Waals surface area contributed by atoms with Gasteiger partial charge in [0.05, 0.1) is 14.2 Å². The molecule has 7 heteroatoms. The number of hydrogen-bond acceptors (Lipinski definition) is 5. The van der Waals surface area contributed by atoms with Gasteiger partial charge in [0, 0.05) is 30.3 Å². The third kappa shape index (κ3) is 5.51. The number of amides is 2. The number of benzene rings is 2. The van der Waals surface area contributed by atoms with Gasteiger partial charge in [0.2, 0.25) is 5.91 Å². The third-order valence-electron chi connectivity index (χ3n) is 5.10. The van der Waals surface area contributed by atoms with E-state index < -0.39 is 0 Å². The first kappa shape index (κ1) is 21.6. The minimum absolute atomic E-state index is 0.183. The van der Waals surface area contributed by atoms with Crippen LogP contribution in [0.2, 0.25) is 0 Å². The summed E-state index contributed by atoms with van der Waals surface area (Å²) in [6.45, 7) is 1.79. The average molecular weight is 412 g/mol. The third-order valence-corrected chi connectivity index (χ3v) is 5.10. The van der Waals surface area contributed by atoms with Crippen molar-refractivity contribution in [2.75, 3.05) is 32.6 Å². The molecule has 0 saturated heterocycles. The second kappa shape index (κ2) is 10.1. The minimum atomic E-state index is -0.239. The van der Waals surface area contributed by atoms with Crippen LogP contribution in [0.4, 0.5) is 5.69 Å². The van der Waals surface area contributed by atoms with Gasteiger partial charge in [-0.05, 0) is 61.7 Å². The van der Waals surface area contributed by atoms with E-state index in [-0.39, 0.29) is 17.7 Å². The molecule has 2 aromatic carbocycles. The van der Waals surface area contributed by atoms with Crippen LogP contribution in [0.5, 0.6) is 11.5 Å². The summed E-state index contributed by atoms with van der Waals surface area (Å²) in [4.78, 5) is 26.9. The number of ether oxygens (including phenoxy) is 2. The van der Waals surface area contributed by atoms with Gasteiger partial charge in [0.15, 0.2) is 11.5 Å². The summed E-state index contributed by atoms with van der Waals surface area (Å²) < 4.78 is 10.5. The highest BCUT2D eigenvalue weighted by molar-refractivity contribution is 6.04. The highest BCUT2D eigenvalue weighted by Crippen LogP contribution is 2.31. The Labute approximate surface area is 177 Å². The van der Waals surface area contributed by atoms with Gasteiger partial charge in [-0.25, -0.2) is 0 Å². The van der Waals surface area contributed by atoms with E-state index in [0.717, 1.165) is 24.8 Å². The van der Waals surface area contributed by atoms with Crippen LogP contribution < -0.4 is 20.5 Å². The quantitative estimate of drug-likeness (QED) is 0.627. The predicted octanol–water partition coefficient (Wildman–Crippen LogP) is 3.04. The lowest BCUT2D eigenvalue weighted by Crippen LogP contribution is -2.33. The zero-order valence-electron chi connectivity index (χ0n) is 17.5. The summed E-state index contributed by atoms with van der Waals surface area (Å²) in [7, 11) is 3.08. The van der Waals surface area contributed by atoms with Crippen LogP contribution in [0.25, 0.3) is 0 Å². The van der Waals surface area contributed by atoms with E-state index in [0.29, 0.717) is 42.4 Å². The maximum absolute atomic E-state index is 12.6. The van der Waals surface area contributed by atoms with E-state index in [2.05, 4.69) is 5.32 Å². The molecule has 1 aliphatic rings. The molecule has 30 heavy (non-hydrogen) atoms. The average Bonchev–Trinajstić information content (AvgIpc) is 3.62. The lowest BCUT2D eigenvalue weighted by Gasteiger charge is -2.23. The Bertz CT molecular complexity index is 879. The molecule has 0 radical (unpaired) electrons. The van der Waals surface area contributed by atoms with Crippen LogP contribution in [0.15, 0.2) is 42.5 Å². The molecule has 1 fully saturated rings. The predicted molar refractivity (Wildman–Crippen MR) is 116 cm³/mol. The van der Waals surface area contributed by atoms with Crippen LogP contribution in [-0.4, -0.2) is 44.0 Å². The zero-order chi connectivity index (χ0) is 21.5. The number of nitrogens with zero attached hydrogens (tertiary/aromatic N) is 1. The number of nitrogens with two attached hydrogens (primary N) is 1. The molecule has 0 aromatic heterocycles. The van der Waals surface area contributed by atoms with Crippen molar-refractivity contribution < 1.29 is 19.1 Å². The Balaban J connectivity index is 1.63. The molecule has 0 atom stereocenters. The van der Waals surface area contributed by atoms with E-state index in [1.54, 1.807) is 25.3 Å². The highest BCUT2D eigenvalue weighted by atomic mass is 16.5. The van der Waals surface area contributed by atoms with E-state index in [1.807, 2.05) is 29.2 Å². The van der Waals surface area contributed by atoms with Crippen molar-refractivity contribution in [3.63, 3.8) is 0 Å². The molecule has 2 aromatic rings. The van der Waals surface area contributed by atoms with Gasteiger partial charge in [0.25, 0.3) is 5.91 Å². The number of methoxy groups -OCH3 is 2. The first-order chi connectivity index (χ1) is 14.5.